The quantitative estimate of drug-likeness (QED) is 0.861. The first kappa shape index (κ1) is 11.7. The molecule has 0 saturated heterocycles. The van der Waals surface area contributed by atoms with Crippen LogP contribution in [0.3, 0.4) is 0 Å². The largest absolute Gasteiger partial charge is 0.329 e. The van der Waals surface area contributed by atoms with E-state index in [4.69, 9.17) is 17.3 Å². The van der Waals surface area contributed by atoms with Crippen molar-refractivity contribution < 1.29 is 4.21 Å². The van der Waals surface area contributed by atoms with Crippen LogP contribution in [0.4, 0.5) is 0 Å². The molecule has 2 unspecified atom stereocenters. The SMILES string of the molecule is CC(CN)S(=O)Cc1cccc(Cl)c1. The molecule has 14 heavy (non-hydrogen) atoms. The summed E-state index contributed by atoms with van der Waals surface area (Å²) < 4.78 is 11.6. The molecule has 0 spiro atoms. The van der Waals surface area contributed by atoms with Crippen LogP contribution in [0.25, 0.3) is 0 Å². The van der Waals surface area contributed by atoms with Crippen molar-refractivity contribution in [1.82, 2.24) is 0 Å². The molecule has 0 aliphatic heterocycles. The molecule has 0 amide bonds. The number of benzene rings is 1. The molecule has 0 radical (unpaired) electrons. The lowest BCUT2D eigenvalue weighted by atomic mass is 10.2. The fraction of sp³-hybridized carbons (Fsp3) is 0.400. The maximum absolute atomic E-state index is 11.6. The summed E-state index contributed by atoms with van der Waals surface area (Å²) in [4.78, 5) is 0. The van der Waals surface area contributed by atoms with E-state index in [0.717, 1.165) is 5.56 Å². The van der Waals surface area contributed by atoms with E-state index in [1.807, 2.05) is 25.1 Å². The van der Waals surface area contributed by atoms with Crippen molar-refractivity contribution in [2.45, 2.75) is 17.9 Å². The number of hydrogen-bond acceptors (Lipinski definition) is 2. The topological polar surface area (TPSA) is 43.1 Å². The maximum atomic E-state index is 11.6. The van der Waals surface area contributed by atoms with Crippen LogP contribution in [0.5, 0.6) is 0 Å². The second-order valence-electron chi connectivity index (χ2n) is 3.20. The van der Waals surface area contributed by atoms with Crippen LogP contribution >= 0.6 is 11.6 Å². The molecule has 0 aliphatic carbocycles. The molecule has 4 heteroatoms. The van der Waals surface area contributed by atoms with Crippen LogP contribution in [0.15, 0.2) is 24.3 Å². The van der Waals surface area contributed by atoms with Crippen molar-refractivity contribution in [2.75, 3.05) is 6.54 Å². The predicted octanol–water partition coefficient (Wildman–Crippen LogP) is 1.94. The van der Waals surface area contributed by atoms with Crippen LogP contribution in [0.1, 0.15) is 12.5 Å². The predicted molar refractivity (Wildman–Crippen MR) is 61.8 cm³/mol. The molecule has 0 aliphatic rings. The van der Waals surface area contributed by atoms with Crippen LogP contribution in [-0.2, 0) is 16.6 Å². The minimum absolute atomic E-state index is 0.0361. The van der Waals surface area contributed by atoms with Gasteiger partial charge in [0.25, 0.3) is 0 Å². The van der Waals surface area contributed by atoms with Gasteiger partial charge >= 0.3 is 0 Å². The van der Waals surface area contributed by atoms with Crippen LogP contribution in [0, 0.1) is 0 Å². The van der Waals surface area contributed by atoms with Gasteiger partial charge in [-0.15, -0.1) is 0 Å². The summed E-state index contributed by atoms with van der Waals surface area (Å²) in [6.45, 7) is 2.34. The Bertz CT molecular complexity index is 330. The van der Waals surface area contributed by atoms with Crippen LogP contribution < -0.4 is 5.73 Å². The number of hydrogen-bond donors (Lipinski definition) is 1. The average Bonchev–Trinajstić information content (AvgIpc) is 2.16. The molecule has 1 aromatic carbocycles. The van der Waals surface area contributed by atoms with E-state index in [-0.39, 0.29) is 5.25 Å². The van der Waals surface area contributed by atoms with Crippen molar-refractivity contribution in [2.24, 2.45) is 5.73 Å². The molecule has 78 valence electrons. The number of halogens is 1. The molecule has 1 rings (SSSR count). The molecule has 0 heterocycles. The Hall–Kier alpha value is -0.380. The first-order valence-electron chi connectivity index (χ1n) is 4.45. The van der Waals surface area contributed by atoms with E-state index in [1.165, 1.54) is 0 Å². The monoisotopic (exact) mass is 231 g/mol. The fourth-order valence-corrected chi connectivity index (χ4v) is 2.26. The number of nitrogens with two attached hydrogens (primary N) is 1. The Labute approximate surface area is 91.9 Å². The van der Waals surface area contributed by atoms with E-state index in [0.29, 0.717) is 17.3 Å². The van der Waals surface area contributed by atoms with Crippen molar-refractivity contribution in [3.8, 4) is 0 Å². The summed E-state index contributed by atoms with van der Waals surface area (Å²) in [6.07, 6.45) is 0. The third kappa shape index (κ3) is 3.40. The van der Waals surface area contributed by atoms with Gasteiger partial charge in [-0.2, -0.15) is 0 Å². The first-order valence-corrected chi connectivity index (χ1v) is 6.21. The van der Waals surface area contributed by atoms with Gasteiger partial charge in [-0.05, 0) is 24.6 Å². The Balaban J connectivity index is 2.65. The molecule has 0 aromatic heterocycles. The molecule has 0 bridgehead atoms. The van der Waals surface area contributed by atoms with Crippen LogP contribution in [-0.4, -0.2) is 16.0 Å². The molecular weight excluding hydrogens is 218 g/mol. The molecule has 2 atom stereocenters. The van der Waals surface area contributed by atoms with E-state index < -0.39 is 10.8 Å². The summed E-state index contributed by atoms with van der Waals surface area (Å²) in [5, 5.41) is 0.717. The highest BCUT2D eigenvalue weighted by Gasteiger charge is 2.09. The molecule has 0 fully saturated rings. The lowest BCUT2D eigenvalue weighted by Gasteiger charge is -2.08. The second kappa shape index (κ2) is 5.49. The zero-order chi connectivity index (χ0) is 10.6. The fourth-order valence-electron chi connectivity index (χ4n) is 1.04. The third-order valence-corrected chi connectivity index (χ3v) is 3.92. The molecule has 1 aromatic rings. The molecule has 0 saturated carbocycles. The minimum atomic E-state index is -0.908. The zero-order valence-electron chi connectivity index (χ0n) is 8.07. The standard InChI is InChI=1S/C10H14ClNOS/c1-8(6-12)14(13)7-9-3-2-4-10(11)5-9/h2-5,8H,6-7,12H2,1H3. The van der Waals surface area contributed by atoms with E-state index in [9.17, 15) is 4.21 Å². The van der Waals surface area contributed by atoms with Gasteiger partial charge in [0.05, 0.1) is 0 Å². The van der Waals surface area contributed by atoms with E-state index >= 15 is 0 Å². The van der Waals surface area contributed by atoms with Gasteiger partial charge in [-0.1, -0.05) is 23.7 Å². The molecular formula is C10H14ClNOS. The minimum Gasteiger partial charge on any atom is -0.329 e. The van der Waals surface area contributed by atoms with Crippen LogP contribution in [0.2, 0.25) is 5.02 Å². The number of rotatable bonds is 4. The van der Waals surface area contributed by atoms with E-state index in [1.54, 1.807) is 6.07 Å². The Kier molecular flexibility index (Phi) is 4.58. The summed E-state index contributed by atoms with van der Waals surface area (Å²) >= 11 is 5.82. The Morgan fingerprint density at radius 1 is 1.57 bits per heavy atom. The van der Waals surface area contributed by atoms with Gasteiger partial charge in [-0.25, -0.2) is 0 Å². The van der Waals surface area contributed by atoms with Gasteiger partial charge in [0, 0.05) is 33.4 Å². The van der Waals surface area contributed by atoms with Gasteiger partial charge in [0.15, 0.2) is 0 Å². The van der Waals surface area contributed by atoms with Crippen molar-refractivity contribution >= 4 is 22.4 Å². The highest BCUT2D eigenvalue weighted by Crippen LogP contribution is 2.13. The van der Waals surface area contributed by atoms with Crippen molar-refractivity contribution in [3.05, 3.63) is 34.9 Å². The van der Waals surface area contributed by atoms with E-state index in [2.05, 4.69) is 0 Å². The third-order valence-electron chi connectivity index (χ3n) is 1.98. The maximum Gasteiger partial charge on any atom is 0.0489 e. The summed E-state index contributed by atoms with van der Waals surface area (Å²) in [7, 11) is -0.908. The summed E-state index contributed by atoms with van der Waals surface area (Å²) in [5.74, 6) is 0.527. The van der Waals surface area contributed by atoms with Crippen molar-refractivity contribution in [3.63, 3.8) is 0 Å². The summed E-state index contributed by atoms with van der Waals surface area (Å²) in [6, 6.07) is 7.43. The molecule has 2 N–H and O–H groups in total. The first-order chi connectivity index (χ1) is 6.63. The smallest absolute Gasteiger partial charge is 0.0489 e. The molecule has 2 nitrogen and oxygen atoms in total. The van der Waals surface area contributed by atoms with Crippen molar-refractivity contribution in [1.29, 1.82) is 0 Å². The highest BCUT2D eigenvalue weighted by molar-refractivity contribution is 7.84. The Morgan fingerprint density at radius 2 is 2.29 bits per heavy atom. The lowest BCUT2D eigenvalue weighted by Crippen LogP contribution is -2.22. The highest BCUT2D eigenvalue weighted by atomic mass is 35.5. The normalized spacial score (nSPS) is 15.1. The zero-order valence-corrected chi connectivity index (χ0v) is 9.65. The lowest BCUT2D eigenvalue weighted by molar-refractivity contribution is 0.672. The van der Waals surface area contributed by atoms with Gasteiger partial charge in [0.2, 0.25) is 0 Å². The summed E-state index contributed by atoms with van der Waals surface area (Å²) in [5.41, 5.74) is 6.43. The van der Waals surface area contributed by atoms with Gasteiger partial charge < -0.3 is 5.73 Å². The average molecular weight is 232 g/mol. The second-order valence-corrected chi connectivity index (χ2v) is 5.49. The van der Waals surface area contributed by atoms with Gasteiger partial charge in [-0.3, -0.25) is 4.21 Å². The van der Waals surface area contributed by atoms with Gasteiger partial charge in [0.1, 0.15) is 0 Å². The Morgan fingerprint density at radius 3 is 2.86 bits per heavy atom.